The fraction of sp³-hybridized carbons (Fsp3) is 0.375. The minimum absolute atomic E-state index is 0. The molecule has 1 amide bonds. The van der Waals surface area contributed by atoms with E-state index in [1.807, 2.05) is 57.3 Å². The van der Waals surface area contributed by atoms with E-state index in [0.717, 1.165) is 22.0 Å². The zero-order chi connectivity index (χ0) is 15.6. The first-order valence-electron chi connectivity index (χ1n) is 6.86. The second-order valence-electron chi connectivity index (χ2n) is 6.17. The lowest BCUT2D eigenvalue weighted by Gasteiger charge is -2.25. The molecule has 0 spiro atoms. The van der Waals surface area contributed by atoms with Crippen LogP contribution in [0.1, 0.15) is 25.8 Å². The van der Waals surface area contributed by atoms with E-state index in [2.05, 4.69) is 10.3 Å². The molecular formula is C16H22ClN3OS. The van der Waals surface area contributed by atoms with Crippen molar-refractivity contribution in [2.45, 2.75) is 33.7 Å². The fourth-order valence-corrected chi connectivity index (χ4v) is 2.49. The minimum Gasteiger partial charge on any atom is -0.325 e. The van der Waals surface area contributed by atoms with Crippen LogP contribution in [-0.4, -0.2) is 16.9 Å². The number of aromatic nitrogens is 1. The number of aryl methyl sites for hydroxylation is 1. The maximum Gasteiger partial charge on any atom is 0.241 e. The number of thiazole rings is 1. The number of nitrogens with zero attached hydrogens (tertiary/aromatic N) is 1. The number of hydrogen-bond donors (Lipinski definition) is 2. The monoisotopic (exact) mass is 339 g/mol. The maximum atomic E-state index is 12.2. The number of carbonyl (C=O) groups is 1. The Morgan fingerprint density at radius 1 is 1.36 bits per heavy atom. The molecule has 0 saturated carbocycles. The zero-order valence-electron chi connectivity index (χ0n) is 13.2. The van der Waals surface area contributed by atoms with Crippen molar-refractivity contribution in [3.05, 3.63) is 34.7 Å². The van der Waals surface area contributed by atoms with Gasteiger partial charge in [-0.3, -0.25) is 4.79 Å². The highest BCUT2D eigenvalue weighted by Crippen LogP contribution is 2.25. The lowest BCUT2D eigenvalue weighted by Crippen LogP contribution is -2.45. The van der Waals surface area contributed by atoms with Crippen molar-refractivity contribution in [1.29, 1.82) is 0 Å². The van der Waals surface area contributed by atoms with Crippen LogP contribution >= 0.6 is 23.7 Å². The predicted octanol–water partition coefficient (Wildman–Crippen LogP) is 3.85. The summed E-state index contributed by atoms with van der Waals surface area (Å²) in [5.41, 5.74) is 8.35. The second kappa shape index (κ2) is 7.22. The molecule has 0 fully saturated rings. The molecule has 6 heteroatoms. The number of nitrogens with one attached hydrogen (secondary N) is 1. The van der Waals surface area contributed by atoms with Gasteiger partial charge in [0.25, 0.3) is 0 Å². The van der Waals surface area contributed by atoms with Crippen LogP contribution in [0.5, 0.6) is 0 Å². The van der Waals surface area contributed by atoms with Crippen LogP contribution in [0.4, 0.5) is 5.69 Å². The Labute approximate surface area is 141 Å². The third-order valence-electron chi connectivity index (χ3n) is 3.26. The summed E-state index contributed by atoms with van der Waals surface area (Å²) in [4.78, 5) is 16.6. The Balaban J connectivity index is 0.00000242. The highest BCUT2D eigenvalue weighted by Gasteiger charge is 2.27. The van der Waals surface area contributed by atoms with Crippen molar-refractivity contribution in [3.8, 4) is 11.3 Å². The van der Waals surface area contributed by atoms with Gasteiger partial charge in [-0.25, -0.2) is 4.98 Å². The number of benzene rings is 1. The van der Waals surface area contributed by atoms with Crippen molar-refractivity contribution in [1.82, 2.24) is 4.98 Å². The quantitative estimate of drug-likeness (QED) is 0.892. The van der Waals surface area contributed by atoms with Gasteiger partial charge in [0, 0.05) is 16.6 Å². The van der Waals surface area contributed by atoms with Gasteiger partial charge < -0.3 is 11.1 Å². The standard InChI is InChI=1S/C16H21N3OS.ClH/c1-10-18-13(9-21-10)11-6-5-7-12(8-11)19-15(20)14(17)16(2,3)4;/h5-9,14H,17H2,1-4H3,(H,19,20);1H/t14-;/m1./s1. The van der Waals surface area contributed by atoms with E-state index in [-0.39, 0.29) is 23.7 Å². The third-order valence-corrected chi connectivity index (χ3v) is 4.03. The van der Waals surface area contributed by atoms with Crippen molar-refractivity contribution < 1.29 is 4.79 Å². The molecule has 0 radical (unpaired) electrons. The van der Waals surface area contributed by atoms with E-state index in [0.29, 0.717) is 0 Å². The Morgan fingerprint density at radius 2 is 2.05 bits per heavy atom. The number of hydrogen-bond acceptors (Lipinski definition) is 4. The molecule has 0 bridgehead atoms. The summed E-state index contributed by atoms with van der Waals surface area (Å²) >= 11 is 1.61. The highest BCUT2D eigenvalue weighted by atomic mass is 35.5. The average Bonchev–Trinajstić information content (AvgIpc) is 2.84. The molecule has 0 aliphatic rings. The van der Waals surface area contributed by atoms with Gasteiger partial charge >= 0.3 is 0 Å². The predicted molar refractivity (Wildman–Crippen MR) is 95.6 cm³/mol. The van der Waals surface area contributed by atoms with Crippen LogP contribution in [0, 0.1) is 12.3 Å². The Hall–Kier alpha value is -1.43. The molecule has 2 rings (SSSR count). The van der Waals surface area contributed by atoms with E-state index in [1.165, 1.54) is 0 Å². The van der Waals surface area contributed by atoms with Gasteiger partial charge in [-0.15, -0.1) is 23.7 Å². The summed E-state index contributed by atoms with van der Waals surface area (Å²) in [5, 5.41) is 5.91. The third kappa shape index (κ3) is 4.53. The van der Waals surface area contributed by atoms with Gasteiger partial charge in [0.2, 0.25) is 5.91 Å². The van der Waals surface area contributed by atoms with Crippen LogP contribution in [0.15, 0.2) is 29.6 Å². The normalized spacial score (nSPS) is 12.4. The van der Waals surface area contributed by atoms with E-state index in [1.54, 1.807) is 11.3 Å². The van der Waals surface area contributed by atoms with Gasteiger partial charge in [-0.2, -0.15) is 0 Å². The lowest BCUT2D eigenvalue weighted by molar-refractivity contribution is -0.119. The molecule has 1 heterocycles. The Bertz CT molecular complexity index is 649. The van der Waals surface area contributed by atoms with Gasteiger partial charge in [0.15, 0.2) is 0 Å². The second-order valence-corrected chi connectivity index (χ2v) is 7.23. The zero-order valence-corrected chi connectivity index (χ0v) is 14.8. The number of rotatable bonds is 3. The maximum absolute atomic E-state index is 12.2. The Kier molecular flexibility index (Phi) is 6.11. The van der Waals surface area contributed by atoms with Crippen LogP contribution < -0.4 is 11.1 Å². The van der Waals surface area contributed by atoms with Gasteiger partial charge in [-0.05, 0) is 24.5 Å². The van der Waals surface area contributed by atoms with E-state index in [4.69, 9.17) is 5.73 Å². The summed E-state index contributed by atoms with van der Waals surface area (Å²) in [7, 11) is 0. The minimum atomic E-state index is -0.553. The SMILES string of the molecule is Cc1nc(-c2cccc(NC(=O)[C@@H](N)C(C)(C)C)c2)cs1.Cl. The van der Waals surface area contributed by atoms with Crippen molar-refractivity contribution in [2.24, 2.45) is 11.1 Å². The summed E-state index contributed by atoms with van der Waals surface area (Å²) in [6.07, 6.45) is 0. The first-order chi connectivity index (χ1) is 9.77. The molecule has 0 saturated heterocycles. The molecule has 2 aromatic rings. The average molecular weight is 340 g/mol. The van der Waals surface area contributed by atoms with Gasteiger partial charge in [0.1, 0.15) is 0 Å². The lowest BCUT2D eigenvalue weighted by atomic mass is 9.87. The smallest absolute Gasteiger partial charge is 0.241 e. The van der Waals surface area contributed by atoms with Crippen LogP contribution in [0.3, 0.4) is 0 Å². The molecular weight excluding hydrogens is 318 g/mol. The summed E-state index contributed by atoms with van der Waals surface area (Å²) < 4.78 is 0. The number of carbonyl (C=O) groups excluding carboxylic acids is 1. The van der Waals surface area contributed by atoms with E-state index >= 15 is 0 Å². The number of anilines is 1. The van der Waals surface area contributed by atoms with Crippen molar-refractivity contribution >= 4 is 35.3 Å². The molecule has 120 valence electrons. The number of halogens is 1. The largest absolute Gasteiger partial charge is 0.325 e. The van der Waals surface area contributed by atoms with Crippen LogP contribution in [0.2, 0.25) is 0 Å². The summed E-state index contributed by atoms with van der Waals surface area (Å²) in [6, 6.07) is 7.11. The molecule has 0 unspecified atom stereocenters. The number of amides is 1. The fourth-order valence-electron chi connectivity index (χ4n) is 1.87. The molecule has 1 atom stereocenters. The first kappa shape index (κ1) is 18.6. The van der Waals surface area contributed by atoms with Crippen molar-refractivity contribution in [2.75, 3.05) is 5.32 Å². The molecule has 0 aliphatic heterocycles. The molecule has 0 aliphatic carbocycles. The summed E-state index contributed by atoms with van der Waals surface area (Å²) in [6.45, 7) is 7.82. The van der Waals surface area contributed by atoms with E-state index in [9.17, 15) is 4.79 Å². The molecule has 1 aromatic heterocycles. The summed E-state index contributed by atoms with van der Waals surface area (Å²) in [5.74, 6) is -0.172. The van der Waals surface area contributed by atoms with Crippen LogP contribution in [-0.2, 0) is 4.79 Å². The molecule has 3 N–H and O–H groups in total. The molecule has 4 nitrogen and oxygen atoms in total. The van der Waals surface area contributed by atoms with Gasteiger partial charge in [0.05, 0.1) is 16.7 Å². The number of nitrogens with two attached hydrogens (primary N) is 1. The highest BCUT2D eigenvalue weighted by molar-refractivity contribution is 7.09. The topological polar surface area (TPSA) is 68.0 Å². The van der Waals surface area contributed by atoms with E-state index < -0.39 is 6.04 Å². The Morgan fingerprint density at radius 3 is 2.59 bits per heavy atom. The van der Waals surface area contributed by atoms with Crippen molar-refractivity contribution in [3.63, 3.8) is 0 Å². The molecule has 1 aromatic carbocycles. The van der Waals surface area contributed by atoms with Gasteiger partial charge in [-0.1, -0.05) is 32.9 Å². The van der Waals surface area contributed by atoms with Crippen LogP contribution in [0.25, 0.3) is 11.3 Å². The molecule has 22 heavy (non-hydrogen) atoms. The first-order valence-corrected chi connectivity index (χ1v) is 7.74.